The van der Waals surface area contributed by atoms with Crippen LogP contribution in [-0.4, -0.2) is 11.8 Å². The van der Waals surface area contributed by atoms with Crippen molar-refractivity contribution >= 4 is 33.8 Å². The second-order valence-corrected chi connectivity index (χ2v) is 5.28. The molecule has 2 aromatic rings. The Morgan fingerprint density at radius 3 is 2.19 bits per heavy atom. The van der Waals surface area contributed by atoms with Gasteiger partial charge in [0.05, 0.1) is 0 Å². The molecule has 0 fully saturated rings. The van der Waals surface area contributed by atoms with E-state index in [1.165, 1.54) is 13.0 Å². The van der Waals surface area contributed by atoms with Crippen molar-refractivity contribution in [3.05, 3.63) is 70.2 Å². The van der Waals surface area contributed by atoms with Crippen molar-refractivity contribution in [1.29, 1.82) is 0 Å². The molecule has 0 aliphatic heterocycles. The number of allylic oxidation sites excluding steroid dienone is 1. The average Bonchev–Trinajstić information content (AvgIpc) is 2.46. The minimum atomic E-state index is -0.385. The summed E-state index contributed by atoms with van der Waals surface area (Å²) in [6.45, 7) is 1.33. The van der Waals surface area contributed by atoms with Crippen molar-refractivity contribution in [3.63, 3.8) is 0 Å². The molecule has 4 heteroatoms. The number of ether oxygens (including phenoxy) is 1. The number of carbonyl (C=O) groups is 2. The van der Waals surface area contributed by atoms with Gasteiger partial charge in [-0.05, 0) is 48.0 Å². The number of rotatable bonds is 4. The Bertz CT molecular complexity index is 670. The quantitative estimate of drug-likeness (QED) is 0.360. The molecule has 0 saturated heterocycles. The van der Waals surface area contributed by atoms with Crippen LogP contribution in [0.5, 0.6) is 5.75 Å². The fourth-order valence-electron chi connectivity index (χ4n) is 1.70. The minimum Gasteiger partial charge on any atom is -0.427 e. The molecule has 21 heavy (non-hydrogen) atoms. The molecule has 0 unspecified atom stereocenters. The van der Waals surface area contributed by atoms with Crippen LogP contribution >= 0.6 is 15.9 Å². The number of halogens is 1. The highest BCUT2D eigenvalue weighted by molar-refractivity contribution is 9.10. The van der Waals surface area contributed by atoms with E-state index in [1.54, 1.807) is 30.3 Å². The van der Waals surface area contributed by atoms with Gasteiger partial charge in [-0.3, -0.25) is 9.59 Å². The standard InChI is InChI=1S/C17H13BrO3/c1-12(19)21-16-9-5-14(6-10-16)17(20)11-4-13-2-7-15(18)8-3-13/h2-11H,1H3/b11-4+. The molecule has 0 saturated carbocycles. The van der Waals surface area contributed by atoms with E-state index in [0.717, 1.165) is 10.0 Å². The normalized spacial score (nSPS) is 10.6. The van der Waals surface area contributed by atoms with Gasteiger partial charge in [-0.1, -0.05) is 34.1 Å². The highest BCUT2D eigenvalue weighted by atomic mass is 79.9. The summed E-state index contributed by atoms with van der Waals surface area (Å²) in [6, 6.07) is 14.1. The second-order valence-electron chi connectivity index (χ2n) is 4.37. The molecule has 0 N–H and O–H groups in total. The van der Waals surface area contributed by atoms with E-state index in [4.69, 9.17) is 4.74 Å². The van der Waals surface area contributed by atoms with Gasteiger partial charge in [0.1, 0.15) is 5.75 Å². The third-order valence-electron chi connectivity index (χ3n) is 2.70. The van der Waals surface area contributed by atoms with E-state index in [-0.39, 0.29) is 11.8 Å². The van der Waals surface area contributed by atoms with E-state index in [0.29, 0.717) is 11.3 Å². The first-order valence-corrected chi connectivity index (χ1v) is 7.10. The Kier molecular flexibility index (Phi) is 5.06. The summed E-state index contributed by atoms with van der Waals surface area (Å²) in [7, 11) is 0. The first kappa shape index (κ1) is 15.2. The van der Waals surface area contributed by atoms with E-state index < -0.39 is 0 Å². The molecule has 0 aromatic heterocycles. The summed E-state index contributed by atoms with van der Waals surface area (Å²) in [4.78, 5) is 22.8. The average molecular weight is 345 g/mol. The summed E-state index contributed by atoms with van der Waals surface area (Å²) in [5.41, 5.74) is 1.49. The second kappa shape index (κ2) is 6.99. The van der Waals surface area contributed by atoms with Crippen LogP contribution in [0.15, 0.2) is 59.1 Å². The van der Waals surface area contributed by atoms with E-state index in [9.17, 15) is 9.59 Å². The Balaban J connectivity index is 2.06. The van der Waals surface area contributed by atoms with E-state index in [2.05, 4.69) is 15.9 Å². The number of hydrogen-bond donors (Lipinski definition) is 0. The van der Waals surface area contributed by atoms with Crippen molar-refractivity contribution in [2.45, 2.75) is 6.92 Å². The zero-order valence-electron chi connectivity index (χ0n) is 11.4. The van der Waals surface area contributed by atoms with Gasteiger partial charge in [-0.15, -0.1) is 0 Å². The first-order valence-electron chi connectivity index (χ1n) is 6.31. The predicted molar refractivity (Wildman–Crippen MR) is 85.3 cm³/mol. The Labute approximate surface area is 131 Å². The van der Waals surface area contributed by atoms with Gasteiger partial charge in [0.2, 0.25) is 0 Å². The van der Waals surface area contributed by atoms with Crippen molar-refractivity contribution in [2.24, 2.45) is 0 Å². The molecule has 106 valence electrons. The minimum absolute atomic E-state index is 0.104. The number of hydrogen-bond acceptors (Lipinski definition) is 3. The van der Waals surface area contributed by atoms with Crippen molar-refractivity contribution in [1.82, 2.24) is 0 Å². The number of ketones is 1. The van der Waals surface area contributed by atoms with Crippen molar-refractivity contribution < 1.29 is 14.3 Å². The molecule has 0 atom stereocenters. The summed E-state index contributed by atoms with van der Waals surface area (Å²) >= 11 is 3.36. The van der Waals surface area contributed by atoms with Gasteiger partial charge in [-0.25, -0.2) is 0 Å². The highest BCUT2D eigenvalue weighted by Crippen LogP contribution is 2.15. The maximum Gasteiger partial charge on any atom is 0.308 e. The fraction of sp³-hybridized carbons (Fsp3) is 0.0588. The summed E-state index contributed by atoms with van der Waals surface area (Å²) in [6.07, 6.45) is 3.28. The SMILES string of the molecule is CC(=O)Oc1ccc(C(=O)/C=C/c2ccc(Br)cc2)cc1. The van der Waals surface area contributed by atoms with Gasteiger partial charge < -0.3 is 4.74 Å². The van der Waals surface area contributed by atoms with Gasteiger partial charge >= 0.3 is 5.97 Å². The van der Waals surface area contributed by atoms with Gasteiger partial charge in [0.15, 0.2) is 5.78 Å². The van der Waals surface area contributed by atoms with Crippen LogP contribution < -0.4 is 4.74 Å². The van der Waals surface area contributed by atoms with Crippen molar-refractivity contribution in [3.8, 4) is 5.75 Å². The van der Waals surface area contributed by atoms with Crippen LogP contribution in [-0.2, 0) is 4.79 Å². The molecule has 0 heterocycles. The molecule has 0 spiro atoms. The number of carbonyl (C=O) groups excluding carboxylic acids is 2. The molecule has 0 aliphatic rings. The lowest BCUT2D eigenvalue weighted by molar-refractivity contribution is -0.131. The molecular formula is C17H13BrO3. The smallest absolute Gasteiger partial charge is 0.308 e. The Morgan fingerprint density at radius 2 is 1.62 bits per heavy atom. The first-order chi connectivity index (χ1) is 10.0. The number of benzene rings is 2. The molecule has 0 bridgehead atoms. The molecule has 0 aliphatic carbocycles. The summed E-state index contributed by atoms with van der Waals surface area (Å²) in [5.74, 6) is -0.0626. The lowest BCUT2D eigenvalue weighted by atomic mass is 10.1. The highest BCUT2D eigenvalue weighted by Gasteiger charge is 2.03. The zero-order valence-corrected chi connectivity index (χ0v) is 13.0. The summed E-state index contributed by atoms with van der Waals surface area (Å²) < 4.78 is 5.91. The molecule has 3 nitrogen and oxygen atoms in total. The molecule has 2 aromatic carbocycles. The Morgan fingerprint density at radius 1 is 1.00 bits per heavy atom. The van der Waals surface area contributed by atoms with Gasteiger partial charge in [0, 0.05) is 17.0 Å². The molecular weight excluding hydrogens is 332 g/mol. The lowest BCUT2D eigenvalue weighted by Crippen LogP contribution is -2.01. The molecule has 0 amide bonds. The van der Waals surface area contributed by atoms with Crippen LogP contribution in [0.25, 0.3) is 6.08 Å². The van der Waals surface area contributed by atoms with Crippen LogP contribution in [0.1, 0.15) is 22.8 Å². The maximum atomic E-state index is 12.0. The molecule has 0 radical (unpaired) electrons. The topological polar surface area (TPSA) is 43.4 Å². The number of esters is 1. The van der Waals surface area contributed by atoms with Crippen LogP contribution in [0.2, 0.25) is 0 Å². The Hall–Kier alpha value is -2.20. The van der Waals surface area contributed by atoms with Crippen LogP contribution in [0.3, 0.4) is 0 Å². The van der Waals surface area contributed by atoms with E-state index in [1.807, 2.05) is 24.3 Å². The van der Waals surface area contributed by atoms with Crippen LogP contribution in [0.4, 0.5) is 0 Å². The monoisotopic (exact) mass is 344 g/mol. The third kappa shape index (κ3) is 4.68. The maximum absolute atomic E-state index is 12.0. The molecule has 2 rings (SSSR count). The fourth-order valence-corrected chi connectivity index (χ4v) is 1.96. The van der Waals surface area contributed by atoms with E-state index >= 15 is 0 Å². The van der Waals surface area contributed by atoms with Gasteiger partial charge in [-0.2, -0.15) is 0 Å². The third-order valence-corrected chi connectivity index (χ3v) is 3.23. The summed E-state index contributed by atoms with van der Waals surface area (Å²) in [5, 5.41) is 0. The zero-order chi connectivity index (χ0) is 15.2. The van der Waals surface area contributed by atoms with Crippen molar-refractivity contribution in [2.75, 3.05) is 0 Å². The van der Waals surface area contributed by atoms with Crippen LogP contribution in [0, 0.1) is 0 Å². The van der Waals surface area contributed by atoms with Gasteiger partial charge in [0.25, 0.3) is 0 Å². The predicted octanol–water partition coefficient (Wildman–Crippen LogP) is 4.27. The lowest BCUT2D eigenvalue weighted by Gasteiger charge is -2.01. The largest absolute Gasteiger partial charge is 0.427 e.